The number of ether oxygens (including phenoxy) is 1. The molecule has 6 nitrogen and oxygen atoms in total. The molecule has 2 fully saturated rings. The van der Waals surface area contributed by atoms with Crippen molar-refractivity contribution in [3.05, 3.63) is 36.1 Å². The van der Waals surface area contributed by atoms with Crippen LogP contribution in [-0.4, -0.2) is 50.4 Å². The molecule has 0 spiro atoms. The molecular weight excluding hydrogens is 266 g/mol. The van der Waals surface area contributed by atoms with Gasteiger partial charge in [0, 0.05) is 42.9 Å². The first-order chi connectivity index (χ1) is 10.4. The zero-order chi connectivity index (χ0) is 13.8. The van der Waals surface area contributed by atoms with Crippen LogP contribution >= 0.6 is 0 Å². The largest absolute Gasteiger partial charge is 0.478 e. The van der Waals surface area contributed by atoms with Crippen LogP contribution in [0.1, 0.15) is 24.8 Å². The molecule has 1 saturated carbocycles. The van der Waals surface area contributed by atoms with E-state index in [9.17, 15) is 0 Å². The topological polar surface area (TPSA) is 45.9 Å². The Kier molecular flexibility index (Phi) is 2.32. The second-order valence-electron chi connectivity index (χ2n) is 5.92. The highest BCUT2D eigenvalue weighted by molar-refractivity contribution is 5.70. The molecule has 3 aliphatic rings. The molecule has 0 amide bonds. The minimum atomic E-state index is 0.703. The summed E-state index contributed by atoms with van der Waals surface area (Å²) in [5.41, 5.74) is 3.33. The van der Waals surface area contributed by atoms with Gasteiger partial charge in [0.25, 0.3) is 0 Å². The maximum atomic E-state index is 5.99. The van der Waals surface area contributed by atoms with Gasteiger partial charge in [0.1, 0.15) is 6.33 Å². The minimum absolute atomic E-state index is 0.703. The SMILES string of the molecule is c1nc2ccc(C3=C4OCCCN4N(C4CC4)C3)cn2n1. The van der Waals surface area contributed by atoms with Crippen molar-refractivity contribution >= 4 is 11.2 Å². The van der Waals surface area contributed by atoms with E-state index in [0.717, 1.165) is 37.6 Å². The molecule has 0 N–H and O–H groups in total. The molecule has 2 aromatic rings. The number of hydrogen-bond donors (Lipinski definition) is 0. The lowest BCUT2D eigenvalue weighted by molar-refractivity contribution is -0.0568. The van der Waals surface area contributed by atoms with E-state index in [2.05, 4.69) is 32.4 Å². The van der Waals surface area contributed by atoms with Crippen molar-refractivity contribution in [2.45, 2.75) is 25.3 Å². The van der Waals surface area contributed by atoms with Gasteiger partial charge in [-0.05, 0) is 25.0 Å². The molecule has 5 rings (SSSR count). The highest BCUT2D eigenvalue weighted by Crippen LogP contribution is 2.40. The second-order valence-corrected chi connectivity index (χ2v) is 5.92. The fourth-order valence-electron chi connectivity index (χ4n) is 3.27. The Morgan fingerprint density at radius 3 is 3.10 bits per heavy atom. The molecule has 0 radical (unpaired) electrons. The van der Waals surface area contributed by atoms with Crippen LogP contribution in [0.2, 0.25) is 0 Å². The van der Waals surface area contributed by atoms with Gasteiger partial charge in [-0.3, -0.25) is 5.01 Å². The lowest BCUT2D eigenvalue weighted by atomic mass is 10.1. The standard InChI is InChI=1S/C15H17N5O/c1-6-19-15(21-7-1)13(9-20(19)12-3-4-12)11-2-5-14-16-10-17-18(14)8-11/h2,5,8,10,12H,1,3-4,6-7,9H2. The Hall–Kier alpha value is -2.08. The van der Waals surface area contributed by atoms with Crippen molar-refractivity contribution in [2.24, 2.45) is 0 Å². The predicted octanol–water partition coefficient (Wildman–Crippen LogP) is 1.51. The van der Waals surface area contributed by atoms with Crippen molar-refractivity contribution in [3.63, 3.8) is 0 Å². The molecule has 0 unspecified atom stereocenters. The summed E-state index contributed by atoms with van der Waals surface area (Å²) >= 11 is 0. The average Bonchev–Trinajstić information content (AvgIpc) is 3.13. The van der Waals surface area contributed by atoms with Gasteiger partial charge in [0.15, 0.2) is 5.65 Å². The fraction of sp³-hybridized carbons (Fsp3) is 0.467. The second kappa shape index (κ2) is 4.21. The van der Waals surface area contributed by atoms with Crippen LogP contribution < -0.4 is 0 Å². The summed E-state index contributed by atoms with van der Waals surface area (Å²) in [5, 5.41) is 9.07. The average molecular weight is 283 g/mol. The fourth-order valence-corrected chi connectivity index (χ4v) is 3.27. The number of hydrogen-bond acceptors (Lipinski definition) is 5. The van der Waals surface area contributed by atoms with Gasteiger partial charge in [-0.15, -0.1) is 0 Å². The van der Waals surface area contributed by atoms with E-state index in [-0.39, 0.29) is 0 Å². The van der Waals surface area contributed by atoms with Crippen LogP contribution in [0.25, 0.3) is 11.2 Å². The summed E-state index contributed by atoms with van der Waals surface area (Å²) in [7, 11) is 0. The Bertz CT molecular complexity index is 732. The lowest BCUT2D eigenvalue weighted by Gasteiger charge is -2.34. The van der Waals surface area contributed by atoms with Gasteiger partial charge >= 0.3 is 0 Å². The first kappa shape index (κ1) is 11.6. The first-order valence-electron chi connectivity index (χ1n) is 7.60. The molecule has 4 heterocycles. The van der Waals surface area contributed by atoms with Gasteiger partial charge in [-0.2, -0.15) is 5.10 Å². The molecule has 1 aliphatic carbocycles. The van der Waals surface area contributed by atoms with Crippen molar-refractivity contribution < 1.29 is 4.74 Å². The molecule has 2 aliphatic heterocycles. The molecule has 108 valence electrons. The molecule has 0 bridgehead atoms. The Morgan fingerprint density at radius 2 is 2.19 bits per heavy atom. The van der Waals surface area contributed by atoms with E-state index < -0.39 is 0 Å². The molecule has 1 saturated heterocycles. The summed E-state index contributed by atoms with van der Waals surface area (Å²) in [6, 6.07) is 4.84. The number of fused-ring (bicyclic) bond motifs is 2. The molecule has 21 heavy (non-hydrogen) atoms. The van der Waals surface area contributed by atoms with Gasteiger partial charge in [0.05, 0.1) is 6.61 Å². The lowest BCUT2D eigenvalue weighted by Crippen LogP contribution is -2.42. The van der Waals surface area contributed by atoms with Crippen LogP contribution in [0.5, 0.6) is 0 Å². The summed E-state index contributed by atoms with van der Waals surface area (Å²) in [4.78, 5) is 4.20. The van der Waals surface area contributed by atoms with Crippen LogP contribution in [0, 0.1) is 0 Å². The first-order valence-corrected chi connectivity index (χ1v) is 7.60. The third kappa shape index (κ3) is 1.75. The number of hydrazine groups is 1. The van der Waals surface area contributed by atoms with Crippen LogP contribution in [-0.2, 0) is 4.74 Å². The molecule has 2 aromatic heterocycles. The highest BCUT2D eigenvalue weighted by atomic mass is 16.5. The summed E-state index contributed by atoms with van der Waals surface area (Å²) in [6.45, 7) is 2.83. The van der Waals surface area contributed by atoms with Crippen molar-refractivity contribution in [2.75, 3.05) is 19.7 Å². The van der Waals surface area contributed by atoms with Crippen LogP contribution in [0.15, 0.2) is 30.5 Å². The van der Waals surface area contributed by atoms with E-state index in [1.807, 2.05) is 10.6 Å². The third-order valence-corrected chi connectivity index (χ3v) is 4.47. The highest BCUT2D eigenvalue weighted by Gasteiger charge is 2.41. The summed E-state index contributed by atoms with van der Waals surface area (Å²) in [5.74, 6) is 1.05. The quantitative estimate of drug-likeness (QED) is 0.836. The van der Waals surface area contributed by atoms with Crippen LogP contribution in [0.3, 0.4) is 0 Å². The van der Waals surface area contributed by atoms with Crippen molar-refractivity contribution in [1.82, 2.24) is 24.6 Å². The number of aromatic nitrogens is 3. The molecule has 0 aromatic carbocycles. The smallest absolute Gasteiger partial charge is 0.209 e. The molecule has 0 atom stereocenters. The Morgan fingerprint density at radius 1 is 1.24 bits per heavy atom. The van der Waals surface area contributed by atoms with Gasteiger partial charge in [0.2, 0.25) is 5.88 Å². The molecule has 6 heteroatoms. The van der Waals surface area contributed by atoms with Gasteiger partial charge in [-0.25, -0.2) is 14.5 Å². The Balaban J connectivity index is 1.59. The zero-order valence-electron chi connectivity index (χ0n) is 11.8. The van der Waals surface area contributed by atoms with Crippen LogP contribution in [0.4, 0.5) is 0 Å². The summed E-state index contributed by atoms with van der Waals surface area (Å²) < 4.78 is 7.82. The van der Waals surface area contributed by atoms with E-state index >= 15 is 0 Å². The van der Waals surface area contributed by atoms with Crippen molar-refractivity contribution in [1.29, 1.82) is 0 Å². The van der Waals surface area contributed by atoms with Gasteiger partial charge in [-0.1, -0.05) is 0 Å². The predicted molar refractivity (Wildman–Crippen MR) is 76.9 cm³/mol. The van der Waals surface area contributed by atoms with E-state index in [1.54, 1.807) is 6.33 Å². The maximum Gasteiger partial charge on any atom is 0.209 e. The minimum Gasteiger partial charge on any atom is -0.478 e. The Labute approximate surface area is 122 Å². The molecular formula is C15H17N5O. The zero-order valence-corrected chi connectivity index (χ0v) is 11.8. The maximum absolute atomic E-state index is 5.99. The van der Waals surface area contributed by atoms with E-state index in [4.69, 9.17) is 4.74 Å². The van der Waals surface area contributed by atoms with Gasteiger partial charge < -0.3 is 4.74 Å². The normalized spacial score (nSPS) is 22.8. The number of nitrogens with zero attached hydrogens (tertiary/aromatic N) is 5. The van der Waals surface area contributed by atoms with Crippen molar-refractivity contribution in [3.8, 4) is 0 Å². The van der Waals surface area contributed by atoms with E-state index in [1.165, 1.54) is 24.0 Å². The van der Waals surface area contributed by atoms with E-state index in [0.29, 0.717) is 6.04 Å². The number of rotatable bonds is 2. The number of pyridine rings is 1. The third-order valence-electron chi connectivity index (χ3n) is 4.47. The monoisotopic (exact) mass is 283 g/mol. The summed E-state index contributed by atoms with van der Waals surface area (Å²) in [6.07, 6.45) is 7.35.